The standard InChI is InChI=1S/C14H22FN3O2/c1-5-17(6-2)9-11(4)16-13-7-10(3)12(15)8-14(13)18(19)20/h7-8,11,16H,5-6,9H2,1-4H3. The Bertz CT molecular complexity index is 476. The smallest absolute Gasteiger partial charge is 0.295 e. The Labute approximate surface area is 118 Å². The number of rotatable bonds is 7. The van der Waals surface area contributed by atoms with E-state index < -0.39 is 10.7 Å². The third-order valence-corrected chi connectivity index (χ3v) is 3.30. The molecule has 1 N–H and O–H groups in total. The van der Waals surface area contributed by atoms with Crippen molar-refractivity contribution < 1.29 is 9.31 Å². The van der Waals surface area contributed by atoms with Gasteiger partial charge in [-0.3, -0.25) is 10.1 Å². The number of hydrogen-bond acceptors (Lipinski definition) is 4. The number of nitrogens with one attached hydrogen (secondary N) is 1. The number of hydrogen-bond donors (Lipinski definition) is 1. The highest BCUT2D eigenvalue weighted by molar-refractivity contribution is 5.63. The van der Waals surface area contributed by atoms with Crippen molar-refractivity contribution in [1.29, 1.82) is 0 Å². The highest BCUT2D eigenvalue weighted by atomic mass is 19.1. The molecule has 1 rings (SSSR count). The summed E-state index contributed by atoms with van der Waals surface area (Å²) >= 11 is 0. The molecule has 0 heterocycles. The number of aryl methyl sites for hydroxylation is 1. The molecule has 0 saturated heterocycles. The molecule has 1 atom stereocenters. The van der Waals surface area contributed by atoms with Gasteiger partial charge in [-0.2, -0.15) is 0 Å². The van der Waals surface area contributed by atoms with Crippen molar-refractivity contribution >= 4 is 11.4 Å². The number of nitro benzene ring substituents is 1. The average Bonchev–Trinajstić information content (AvgIpc) is 2.39. The average molecular weight is 283 g/mol. The van der Waals surface area contributed by atoms with Crippen molar-refractivity contribution in [3.05, 3.63) is 33.6 Å². The van der Waals surface area contributed by atoms with Crippen molar-refractivity contribution in [3.63, 3.8) is 0 Å². The van der Waals surface area contributed by atoms with Gasteiger partial charge in [-0.05, 0) is 38.6 Å². The van der Waals surface area contributed by atoms with Crippen molar-refractivity contribution in [1.82, 2.24) is 4.90 Å². The lowest BCUT2D eigenvalue weighted by Gasteiger charge is -2.24. The maximum atomic E-state index is 13.4. The van der Waals surface area contributed by atoms with E-state index in [1.165, 1.54) is 6.07 Å². The van der Waals surface area contributed by atoms with E-state index in [4.69, 9.17) is 0 Å². The summed E-state index contributed by atoms with van der Waals surface area (Å²) in [4.78, 5) is 12.7. The van der Waals surface area contributed by atoms with E-state index in [1.54, 1.807) is 6.92 Å². The van der Waals surface area contributed by atoms with Gasteiger partial charge in [0.2, 0.25) is 0 Å². The molecule has 5 nitrogen and oxygen atoms in total. The van der Waals surface area contributed by atoms with Crippen LogP contribution in [0.2, 0.25) is 0 Å². The Balaban J connectivity index is 2.90. The van der Waals surface area contributed by atoms with Crippen molar-refractivity contribution in [2.45, 2.75) is 33.7 Å². The fourth-order valence-corrected chi connectivity index (χ4v) is 2.12. The Kier molecular flexibility index (Phi) is 5.88. The number of halogens is 1. The minimum Gasteiger partial charge on any atom is -0.376 e. The van der Waals surface area contributed by atoms with Gasteiger partial charge >= 0.3 is 0 Å². The zero-order valence-electron chi connectivity index (χ0n) is 12.4. The number of anilines is 1. The Morgan fingerprint density at radius 3 is 2.50 bits per heavy atom. The van der Waals surface area contributed by atoms with Gasteiger partial charge in [0.25, 0.3) is 5.69 Å². The fourth-order valence-electron chi connectivity index (χ4n) is 2.12. The zero-order valence-corrected chi connectivity index (χ0v) is 12.4. The summed E-state index contributed by atoms with van der Waals surface area (Å²) < 4.78 is 13.4. The molecule has 1 unspecified atom stereocenters. The fraction of sp³-hybridized carbons (Fsp3) is 0.571. The molecular weight excluding hydrogens is 261 g/mol. The minimum atomic E-state index is -0.561. The second-order valence-corrected chi connectivity index (χ2v) is 4.91. The molecule has 0 spiro atoms. The summed E-state index contributed by atoms with van der Waals surface area (Å²) in [6, 6.07) is 2.51. The molecule has 0 radical (unpaired) electrons. The lowest BCUT2D eigenvalue weighted by Crippen LogP contribution is -2.34. The van der Waals surface area contributed by atoms with Crippen LogP contribution >= 0.6 is 0 Å². The Morgan fingerprint density at radius 1 is 1.40 bits per heavy atom. The van der Waals surface area contributed by atoms with Gasteiger partial charge < -0.3 is 10.2 Å². The summed E-state index contributed by atoms with van der Waals surface area (Å²) in [7, 11) is 0. The third-order valence-electron chi connectivity index (χ3n) is 3.30. The predicted molar refractivity (Wildman–Crippen MR) is 78.7 cm³/mol. The van der Waals surface area contributed by atoms with Gasteiger partial charge in [-0.25, -0.2) is 4.39 Å². The van der Waals surface area contributed by atoms with E-state index in [1.807, 2.05) is 6.92 Å². The molecule has 0 aliphatic heterocycles. The van der Waals surface area contributed by atoms with Gasteiger partial charge in [0.1, 0.15) is 11.5 Å². The van der Waals surface area contributed by atoms with Gasteiger partial charge in [-0.1, -0.05) is 13.8 Å². The van der Waals surface area contributed by atoms with Gasteiger partial charge in [-0.15, -0.1) is 0 Å². The van der Waals surface area contributed by atoms with Crippen LogP contribution in [0.3, 0.4) is 0 Å². The lowest BCUT2D eigenvalue weighted by atomic mass is 10.1. The topological polar surface area (TPSA) is 58.4 Å². The van der Waals surface area contributed by atoms with Gasteiger partial charge in [0.15, 0.2) is 0 Å². The van der Waals surface area contributed by atoms with E-state index in [0.717, 1.165) is 25.7 Å². The first-order chi connectivity index (χ1) is 9.38. The van der Waals surface area contributed by atoms with Crippen LogP contribution < -0.4 is 5.32 Å². The highest BCUT2D eigenvalue weighted by Crippen LogP contribution is 2.28. The summed E-state index contributed by atoms with van der Waals surface area (Å²) in [5.74, 6) is -0.557. The Hall–Kier alpha value is -1.69. The van der Waals surface area contributed by atoms with Crippen molar-refractivity contribution in [3.8, 4) is 0 Å². The van der Waals surface area contributed by atoms with E-state index in [9.17, 15) is 14.5 Å². The first kappa shape index (κ1) is 16.4. The van der Waals surface area contributed by atoms with E-state index in [0.29, 0.717) is 11.3 Å². The van der Waals surface area contributed by atoms with E-state index in [-0.39, 0.29) is 11.7 Å². The van der Waals surface area contributed by atoms with Crippen molar-refractivity contribution in [2.75, 3.05) is 25.0 Å². The summed E-state index contributed by atoms with van der Waals surface area (Å²) in [6.45, 7) is 10.3. The molecule has 0 saturated carbocycles. The molecule has 112 valence electrons. The lowest BCUT2D eigenvalue weighted by molar-refractivity contribution is -0.384. The molecule has 20 heavy (non-hydrogen) atoms. The molecule has 0 amide bonds. The third kappa shape index (κ3) is 4.16. The maximum Gasteiger partial charge on any atom is 0.295 e. The molecular formula is C14H22FN3O2. The first-order valence-corrected chi connectivity index (χ1v) is 6.82. The van der Waals surface area contributed by atoms with E-state index >= 15 is 0 Å². The van der Waals surface area contributed by atoms with E-state index in [2.05, 4.69) is 24.1 Å². The highest BCUT2D eigenvalue weighted by Gasteiger charge is 2.19. The summed E-state index contributed by atoms with van der Waals surface area (Å²) in [5.41, 5.74) is 0.543. The first-order valence-electron chi connectivity index (χ1n) is 6.82. The Morgan fingerprint density at radius 2 is 2.00 bits per heavy atom. The van der Waals surface area contributed by atoms with Gasteiger partial charge in [0, 0.05) is 12.6 Å². The molecule has 6 heteroatoms. The zero-order chi connectivity index (χ0) is 15.3. The molecule has 0 bridgehead atoms. The molecule has 0 aliphatic carbocycles. The quantitative estimate of drug-likeness (QED) is 0.616. The molecule has 0 aliphatic rings. The van der Waals surface area contributed by atoms with Crippen LogP contribution in [0.1, 0.15) is 26.3 Å². The van der Waals surface area contributed by atoms with Crippen LogP contribution in [0.25, 0.3) is 0 Å². The molecule has 1 aromatic rings. The van der Waals surface area contributed by atoms with Crippen LogP contribution in [0, 0.1) is 22.9 Å². The number of nitrogens with zero attached hydrogens (tertiary/aromatic N) is 2. The number of likely N-dealkylation sites (N-methyl/N-ethyl adjacent to an activating group) is 1. The normalized spacial score (nSPS) is 12.5. The molecule has 1 aromatic carbocycles. The molecule has 0 fully saturated rings. The minimum absolute atomic E-state index is 0.0402. The second kappa shape index (κ2) is 7.19. The largest absolute Gasteiger partial charge is 0.376 e. The number of benzene rings is 1. The maximum absolute atomic E-state index is 13.4. The summed E-state index contributed by atoms with van der Waals surface area (Å²) in [5, 5.41) is 14.1. The summed E-state index contributed by atoms with van der Waals surface area (Å²) in [6.07, 6.45) is 0. The molecule has 0 aromatic heterocycles. The SMILES string of the molecule is CCN(CC)CC(C)Nc1cc(C)c(F)cc1[N+](=O)[O-]. The van der Waals surface area contributed by atoms with Crippen LogP contribution in [0.15, 0.2) is 12.1 Å². The van der Waals surface area contributed by atoms with Crippen LogP contribution in [0.4, 0.5) is 15.8 Å². The monoisotopic (exact) mass is 283 g/mol. The predicted octanol–water partition coefficient (Wildman–Crippen LogP) is 3.18. The van der Waals surface area contributed by atoms with Crippen molar-refractivity contribution in [2.24, 2.45) is 0 Å². The van der Waals surface area contributed by atoms with Crippen LogP contribution in [0.5, 0.6) is 0 Å². The second-order valence-electron chi connectivity index (χ2n) is 4.91. The van der Waals surface area contributed by atoms with Gasteiger partial charge in [0.05, 0.1) is 11.0 Å². The number of nitro groups is 1. The van der Waals surface area contributed by atoms with Crippen LogP contribution in [-0.2, 0) is 0 Å². The van der Waals surface area contributed by atoms with Crippen LogP contribution in [-0.4, -0.2) is 35.5 Å².